The van der Waals surface area contributed by atoms with Crippen molar-refractivity contribution in [2.45, 2.75) is 78.4 Å². The summed E-state index contributed by atoms with van der Waals surface area (Å²) in [5.41, 5.74) is 2.62. The molecule has 1 heterocycles. The second-order valence-electron chi connectivity index (χ2n) is 6.14. The summed E-state index contributed by atoms with van der Waals surface area (Å²) < 4.78 is 10.6. The summed E-state index contributed by atoms with van der Waals surface area (Å²) in [6.07, 6.45) is 9.50. The van der Waals surface area contributed by atoms with Gasteiger partial charge in [0.05, 0.1) is 18.3 Å². The SMILES string of the molecule is CCOC(=O)C=C(C)CCC=C(C)CCC1OC1(C)CC. The standard InChI is InChI=1S/C18H30O3/c1-6-18(5)16(21-18)12-11-14(3)9-8-10-15(4)13-17(19)20-7-2/h9,13,16H,6-8,10-12H2,1-5H3. The molecule has 0 bridgehead atoms. The first-order valence-corrected chi connectivity index (χ1v) is 8.08. The number of ether oxygens (including phenoxy) is 2. The third-order valence-corrected chi connectivity index (χ3v) is 4.22. The van der Waals surface area contributed by atoms with Gasteiger partial charge in [0.1, 0.15) is 0 Å². The number of carbonyl (C=O) groups is 1. The quantitative estimate of drug-likeness (QED) is 0.270. The smallest absolute Gasteiger partial charge is 0.330 e. The van der Waals surface area contributed by atoms with Crippen molar-refractivity contribution in [3.63, 3.8) is 0 Å². The van der Waals surface area contributed by atoms with E-state index in [1.54, 1.807) is 6.08 Å². The molecule has 0 spiro atoms. The van der Waals surface area contributed by atoms with Crippen LogP contribution in [-0.4, -0.2) is 24.3 Å². The number of allylic oxidation sites excluding steroid dienone is 3. The van der Waals surface area contributed by atoms with E-state index in [0.717, 1.165) is 37.7 Å². The van der Waals surface area contributed by atoms with E-state index in [2.05, 4.69) is 26.8 Å². The van der Waals surface area contributed by atoms with Gasteiger partial charge in [0, 0.05) is 6.08 Å². The third-order valence-electron chi connectivity index (χ3n) is 4.22. The maximum atomic E-state index is 11.3. The molecule has 1 rings (SSSR count). The predicted octanol–water partition coefficient (Wildman–Crippen LogP) is 4.57. The number of rotatable bonds is 9. The Labute approximate surface area is 129 Å². The molecule has 2 atom stereocenters. The van der Waals surface area contributed by atoms with Gasteiger partial charge < -0.3 is 9.47 Å². The molecule has 2 unspecified atom stereocenters. The Balaban J connectivity index is 2.22. The van der Waals surface area contributed by atoms with Crippen molar-refractivity contribution in [2.24, 2.45) is 0 Å². The average molecular weight is 294 g/mol. The van der Waals surface area contributed by atoms with E-state index in [0.29, 0.717) is 12.7 Å². The van der Waals surface area contributed by atoms with Crippen LogP contribution >= 0.6 is 0 Å². The van der Waals surface area contributed by atoms with Crippen molar-refractivity contribution in [3.8, 4) is 0 Å². The lowest BCUT2D eigenvalue weighted by Crippen LogP contribution is -2.07. The Morgan fingerprint density at radius 1 is 1.24 bits per heavy atom. The lowest BCUT2D eigenvalue weighted by atomic mass is 9.99. The zero-order chi connectivity index (χ0) is 15.9. The molecule has 0 amide bonds. The van der Waals surface area contributed by atoms with Crippen LogP contribution in [0.3, 0.4) is 0 Å². The largest absolute Gasteiger partial charge is 0.463 e. The minimum absolute atomic E-state index is 0.138. The Bertz CT molecular complexity index is 409. The number of hydrogen-bond acceptors (Lipinski definition) is 3. The topological polar surface area (TPSA) is 38.8 Å². The van der Waals surface area contributed by atoms with Gasteiger partial charge in [-0.3, -0.25) is 0 Å². The molecule has 0 aromatic carbocycles. The number of hydrogen-bond donors (Lipinski definition) is 0. The van der Waals surface area contributed by atoms with Gasteiger partial charge >= 0.3 is 5.97 Å². The first-order chi connectivity index (χ1) is 9.91. The summed E-state index contributed by atoms with van der Waals surface area (Å²) in [7, 11) is 0. The van der Waals surface area contributed by atoms with Crippen LogP contribution in [0, 0.1) is 0 Å². The van der Waals surface area contributed by atoms with Crippen molar-refractivity contribution in [1.82, 2.24) is 0 Å². The second-order valence-corrected chi connectivity index (χ2v) is 6.14. The Morgan fingerprint density at radius 2 is 1.95 bits per heavy atom. The van der Waals surface area contributed by atoms with E-state index < -0.39 is 0 Å². The highest BCUT2D eigenvalue weighted by Crippen LogP contribution is 2.42. The maximum Gasteiger partial charge on any atom is 0.330 e. The highest BCUT2D eigenvalue weighted by Gasteiger charge is 2.49. The van der Waals surface area contributed by atoms with Crippen LogP contribution in [0.25, 0.3) is 0 Å². The van der Waals surface area contributed by atoms with Crippen molar-refractivity contribution >= 4 is 5.97 Å². The zero-order valence-electron chi connectivity index (χ0n) is 14.2. The number of carbonyl (C=O) groups excluding carboxylic acids is 1. The Morgan fingerprint density at radius 3 is 2.52 bits per heavy atom. The lowest BCUT2D eigenvalue weighted by Gasteiger charge is -2.03. The van der Waals surface area contributed by atoms with Gasteiger partial charge in [0.2, 0.25) is 0 Å². The minimum atomic E-state index is -0.236. The first-order valence-electron chi connectivity index (χ1n) is 8.08. The fourth-order valence-electron chi connectivity index (χ4n) is 2.43. The Kier molecular flexibility index (Phi) is 7.16. The molecule has 0 aliphatic carbocycles. The van der Waals surface area contributed by atoms with Crippen molar-refractivity contribution in [1.29, 1.82) is 0 Å². The summed E-state index contributed by atoms with van der Waals surface area (Å²) in [5, 5.41) is 0. The molecule has 0 N–H and O–H groups in total. The summed E-state index contributed by atoms with van der Waals surface area (Å²) in [4.78, 5) is 11.3. The lowest BCUT2D eigenvalue weighted by molar-refractivity contribution is -0.137. The molecular weight excluding hydrogens is 264 g/mol. The molecule has 1 aliphatic heterocycles. The molecule has 1 fully saturated rings. The summed E-state index contributed by atoms with van der Waals surface area (Å²) in [6, 6.07) is 0. The number of epoxide rings is 1. The van der Waals surface area contributed by atoms with E-state index in [1.807, 2.05) is 13.8 Å². The van der Waals surface area contributed by atoms with Gasteiger partial charge in [0.15, 0.2) is 0 Å². The highest BCUT2D eigenvalue weighted by atomic mass is 16.6. The van der Waals surface area contributed by atoms with E-state index in [4.69, 9.17) is 9.47 Å². The first kappa shape index (κ1) is 18.0. The van der Waals surface area contributed by atoms with E-state index in [-0.39, 0.29) is 11.6 Å². The molecule has 120 valence electrons. The summed E-state index contributed by atoms with van der Waals surface area (Å²) in [6.45, 7) is 10.8. The van der Waals surface area contributed by atoms with Crippen LogP contribution in [0.1, 0.15) is 66.7 Å². The fourth-order valence-corrected chi connectivity index (χ4v) is 2.43. The van der Waals surface area contributed by atoms with E-state index in [1.165, 1.54) is 5.57 Å². The molecule has 3 nitrogen and oxygen atoms in total. The molecule has 0 aromatic rings. The van der Waals surface area contributed by atoms with Crippen molar-refractivity contribution < 1.29 is 14.3 Å². The Hall–Kier alpha value is -1.09. The van der Waals surface area contributed by atoms with Crippen LogP contribution in [-0.2, 0) is 14.3 Å². The minimum Gasteiger partial charge on any atom is -0.463 e. The predicted molar refractivity (Wildman–Crippen MR) is 86.2 cm³/mol. The van der Waals surface area contributed by atoms with Gasteiger partial charge in [-0.1, -0.05) is 24.1 Å². The maximum absolute atomic E-state index is 11.3. The van der Waals surface area contributed by atoms with E-state index >= 15 is 0 Å². The average Bonchev–Trinajstić information content (AvgIpc) is 3.08. The van der Waals surface area contributed by atoms with Crippen LogP contribution < -0.4 is 0 Å². The third kappa shape index (κ3) is 6.47. The molecule has 1 aliphatic rings. The molecule has 21 heavy (non-hydrogen) atoms. The van der Waals surface area contributed by atoms with Gasteiger partial charge in [0.25, 0.3) is 0 Å². The van der Waals surface area contributed by atoms with Gasteiger partial charge in [-0.05, 0) is 59.8 Å². The van der Waals surface area contributed by atoms with Crippen LogP contribution in [0.4, 0.5) is 0 Å². The monoisotopic (exact) mass is 294 g/mol. The highest BCUT2D eigenvalue weighted by molar-refractivity contribution is 5.82. The second kappa shape index (κ2) is 8.38. The normalized spacial score (nSPS) is 25.9. The van der Waals surface area contributed by atoms with Crippen LogP contribution in [0.15, 0.2) is 23.3 Å². The van der Waals surface area contributed by atoms with Crippen LogP contribution in [0.5, 0.6) is 0 Å². The molecule has 3 heteroatoms. The van der Waals surface area contributed by atoms with Gasteiger partial charge in [-0.2, -0.15) is 0 Å². The molecule has 1 saturated heterocycles. The molecule has 0 aromatic heterocycles. The van der Waals surface area contributed by atoms with Crippen molar-refractivity contribution in [3.05, 3.63) is 23.3 Å². The zero-order valence-corrected chi connectivity index (χ0v) is 14.2. The molecular formula is C18H30O3. The summed E-state index contributed by atoms with van der Waals surface area (Å²) in [5.74, 6) is -0.236. The van der Waals surface area contributed by atoms with Crippen molar-refractivity contribution in [2.75, 3.05) is 6.61 Å². The van der Waals surface area contributed by atoms with Crippen LogP contribution in [0.2, 0.25) is 0 Å². The van der Waals surface area contributed by atoms with E-state index in [9.17, 15) is 4.79 Å². The molecule has 0 saturated carbocycles. The van der Waals surface area contributed by atoms with Gasteiger partial charge in [-0.15, -0.1) is 0 Å². The summed E-state index contributed by atoms with van der Waals surface area (Å²) >= 11 is 0. The molecule has 0 radical (unpaired) electrons. The fraction of sp³-hybridized carbons (Fsp3) is 0.722. The van der Waals surface area contributed by atoms with Gasteiger partial charge in [-0.25, -0.2) is 4.79 Å². The number of esters is 1.